The van der Waals surface area contributed by atoms with E-state index in [2.05, 4.69) is 5.10 Å². The Morgan fingerprint density at radius 3 is 2.94 bits per heavy atom. The summed E-state index contributed by atoms with van der Waals surface area (Å²) in [6, 6.07) is 1.84. The van der Waals surface area contributed by atoms with Crippen molar-refractivity contribution in [2.45, 2.75) is 26.0 Å². The second-order valence-corrected chi connectivity index (χ2v) is 3.48. The predicted octanol–water partition coefficient (Wildman–Crippen LogP) is 0.989. The van der Waals surface area contributed by atoms with Crippen LogP contribution < -0.4 is 0 Å². The normalized spacial score (nSPS) is 12.9. The number of hydrogen-bond acceptors (Lipinski definition) is 4. The first-order valence-corrected chi connectivity index (χ1v) is 5.56. The molecule has 0 bridgehead atoms. The van der Waals surface area contributed by atoms with Crippen LogP contribution in [-0.4, -0.2) is 41.8 Å². The number of aliphatic hydroxyl groups is 1. The van der Waals surface area contributed by atoms with Crippen molar-refractivity contribution in [1.29, 1.82) is 0 Å². The van der Waals surface area contributed by atoms with Gasteiger partial charge in [-0.25, -0.2) is 0 Å². The van der Waals surface area contributed by atoms with E-state index in [1.165, 1.54) is 0 Å². The molecular weight excluding hydrogens is 208 g/mol. The lowest BCUT2D eigenvalue weighted by Crippen LogP contribution is -2.11. The fourth-order valence-electron chi connectivity index (χ4n) is 1.48. The Morgan fingerprint density at radius 2 is 2.25 bits per heavy atom. The van der Waals surface area contributed by atoms with Crippen LogP contribution in [0.2, 0.25) is 0 Å². The number of aromatic nitrogens is 2. The Balaban J connectivity index is 2.27. The van der Waals surface area contributed by atoms with E-state index >= 15 is 0 Å². The minimum absolute atomic E-state index is 0.509. The van der Waals surface area contributed by atoms with Gasteiger partial charge in [0.25, 0.3) is 0 Å². The van der Waals surface area contributed by atoms with Gasteiger partial charge in [-0.3, -0.25) is 4.68 Å². The van der Waals surface area contributed by atoms with Crippen LogP contribution in [0.25, 0.3) is 0 Å². The van der Waals surface area contributed by atoms with E-state index in [0.717, 1.165) is 12.2 Å². The minimum Gasteiger partial charge on any atom is -0.387 e. The SMILES string of the molecule is CCn1nccc1C(O)CCOCCOC. The summed E-state index contributed by atoms with van der Waals surface area (Å²) in [4.78, 5) is 0. The molecular formula is C11H20N2O3. The van der Waals surface area contributed by atoms with Crippen LogP contribution >= 0.6 is 0 Å². The van der Waals surface area contributed by atoms with Crippen molar-refractivity contribution in [3.63, 3.8) is 0 Å². The lowest BCUT2D eigenvalue weighted by molar-refractivity contribution is 0.0457. The number of ether oxygens (including phenoxy) is 2. The molecule has 0 saturated heterocycles. The van der Waals surface area contributed by atoms with Gasteiger partial charge in [0.05, 0.1) is 25.0 Å². The smallest absolute Gasteiger partial charge is 0.0978 e. The number of aryl methyl sites for hydroxylation is 1. The zero-order chi connectivity index (χ0) is 11.8. The third-order valence-electron chi connectivity index (χ3n) is 2.36. The van der Waals surface area contributed by atoms with E-state index in [4.69, 9.17) is 9.47 Å². The van der Waals surface area contributed by atoms with E-state index in [1.54, 1.807) is 18.0 Å². The van der Waals surface area contributed by atoms with Crippen molar-refractivity contribution < 1.29 is 14.6 Å². The first-order valence-electron chi connectivity index (χ1n) is 5.56. The van der Waals surface area contributed by atoms with Crippen LogP contribution in [-0.2, 0) is 16.0 Å². The van der Waals surface area contributed by atoms with Crippen molar-refractivity contribution in [1.82, 2.24) is 9.78 Å². The van der Waals surface area contributed by atoms with Crippen LogP contribution in [0, 0.1) is 0 Å². The Labute approximate surface area is 96.0 Å². The van der Waals surface area contributed by atoms with Gasteiger partial charge in [-0.15, -0.1) is 0 Å². The van der Waals surface area contributed by atoms with E-state index < -0.39 is 6.10 Å². The molecule has 5 heteroatoms. The quantitative estimate of drug-likeness (QED) is 0.674. The van der Waals surface area contributed by atoms with Gasteiger partial charge in [0.15, 0.2) is 0 Å². The van der Waals surface area contributed by atoms with Gasteiger partial charge in [-0.2, -0.15) is 5.10 Å². The van der Waals surface area contributed by atoms with Gasteiger partial charge in [0.1, 0.15) is 0 Å². The summed E-state index contributed by atoms with van der Waals surface area (Å²) >= 11 is 0. The van der Waals surface area contributed by atoms with Crippen molar-refractivity contribution >= 4 is 0 Å². The highest BCUT2D eigenvalue weighted by Crippen LogP contribution is 2.15. The van der Waals surface area contributed by atoms with Crippen LogP contribution in [0.5, 0.6) is 0 Å². The molecule has 0 spiro atoms. The molecule has 0 aliphatic heterocycles. The maximum Gasteiger partial charge on any atom is 0.0978 e. The Kier molecular flexibility index (Phi) is 6.07. The van der Waals surface area contributed by atoms with E-state index in [-0.39, 0.29) is 0 Å². The lowest BCUT2D eigenvalue weighted by Gasteiger charge is -2.12. The summed E-state index contributed by atoms with van der Waals surface area (Å²) in [5.41, 5.74) is 0.845. The fourth-order valence-corrected chi connectivity index (χ4v) is 1.48. The van der Waals surface area contributed by atoms with Crippen LogP contribution in [0.3, 0.4) is 0 Å². The molecule has 1 atom stereocenters. The molecule has 1 N–H and O–H groups in total. The monoisotopic (exact) mass is 228 g/mol. The first-order chi connectivity index (χ1) is 7.79. The lowest BCUT2D eigenvalue weighted by atomic mass is 10.2. The number of rotatable bonds is 8. The number of hydrogen-bond donors (Lipinski definition) is 1. The largest absolute Gasteiger partial charge is 0.387 e. The highest BCUT2D eigenvalue weighted by Gasteiger charge is 2.11. The van der Waals surface area contributed by atoms with E-state index in [1.807, 2.05) is 13.0 Å². The topological polar surface area (TPSA) is 56.5 Å². The van der Waals surface area contributed by atoms with Crippen molar-refractivity contribution in [3.8, 4) is 0 Å². The molecule has 1 heterocycles. The highest BCUT2D eigenvalue weighted by atomic mass is 16.5. The van der Waals surface area contributed by atoms with Gasteiger partial charge >= 0.3 is 0 Å². The van der Waals surface area contributed by atoms with Crippen molar-refractivity contribution in [2.75, 3.05) is 26.9 Å². The molecule has 1 aromatic heterocycles. The van der Waals surface area contributed by atoms with Gasteiger partial charge < -0.3 is 14.6 Å². The van der Waals surface area contributed by atoms with Crippen LogP contribution in [0.15, 0.2) is 12.3 Å². The molecule has 16 heavy (non-hydrogen) atoms. The van der Waals surface area contributed by atoms with Gasteiger partial charge in [-0.1, -0.05) is 0 Å². The summed E-state index contributed by atoms with van der Waals surface area (Å²) < 4.78 is 11.9. The third-order valence-corrected chi connectivity index (χ3v) is 2.36. The second-order valence-electron chi connectivity index (χ2n) is 3.48. The molecule has 5 nitrogen and oxygen atoms in total. The Bertz CT molecular complexity index is 289. The maximum absolute atomic E-state index is 9.91. The number of methoxy groups -OCH3 is 1. The summed E-state index contributed by atoms with van der Waals surface area (Å²) in [5.74, 6) is 0. The zero-order valence-corrected chi connectivity index (χ0v) is 9.93. The van der Waals surface area contributed by atoms with E-state index in [9.17, 15) is 5.11 Å². The predicted molar refractivity (Wildman–Crippen MR) is 60.2 cm³/mol. The van der Waals surface area contributed by atoms with Crippen LogP contribution in [0.1, 0.15) is 25.1 Å². The molecule has 1 rings (SSSR count). The summed E-state index contributed by atoms with van der Waals surface area (Å²) in [6.07, 6.45) is 1.77. The zero-order valence-electron chi connectivity index (χ0n) is 9.93. The Morgan fingerprint density at radius 1 is 1.44 bits per heavy atom. The average Bonchev–Trinajstić information content (AvgIpc) is 2.76. The highest BCUT2D eigenvalue weighted by molar-refractivity contribution is 5.04. The first kappa shape index (κ1) is 13.2. The number of aliphatic hydroxyl groups excluding tert-OH is 1. The van der Waals surface area contributed by atoms with Crippen LogP contribution in [0.4, 0.5) is 0 Å². The van der Waals surface area contributed by atoms with E-state index in [0.29, 0.717) is 26.2 Å². The minimum atomic E-state index is -0.509. The van der Waals surface area contributed by atoms with Gasteiger partial charge in [0.2, 0.25) is 0 Å². The van der Waals surface area contributed by atoms with Crippen molar-refractivity contribution in [3.05, 3.63) is 18.0 Å². The molecule has 1 unspecified atom stereocenters. The molecule has 0 radical (unpaired) electrons. The molecule has 0 aliphatic carbocycles. The molecule has 92 valence electrons. The Hall–Kier alpha value is -0.910. The van der Waals surface area contributed by atoms with Gasteiger partial charge in [0, 0.05) is 32.9 Å². The summed E-state index contributed by atoms with van der Waals surface area (Å²) in [7, 11) is 1.64. The molecule has 0 aromatic carbocycles. The maximum atomic E-state index is 9.91. The second kappa shape index (κ2) is 7.38. The third kappa shape index (κ3) is 3.92. The molecule has 1 aromatic rings. The number of nitrogens with zero attached hydrogens (tertiary/aromatic N) is 2. The molecule has 0 aliphatic rings. The summed E-state index contributed by atoms with van der Waals surface area (Å²) in [6.45, 7) is 4.45. The molecule has 0 fully saturated rings. The standard InChI is InChI=1S/C11H20N2O3/c1-3-13-10(4-6-12-13)11(14)5-7-16-9-8-15-2/h4,6,11,14H,3,5,7-9H2,1-2H3. The molecule has 0 amide bonds. The average molecular weight is 228 g/mol. The molecule has 0 saturated carbocycles. The van der Waals surface area contributed by atoms with Gasteiger partial charge in [-0.05, 0) is 13.0 Å². The fraction of sp³-hybridized carbons (Fsp3) is 0.727. The summed E-state index contributed by atoms with van der Waals surface area (Å²) in [5, 5.41) is 14.0. The van der Waals surface area contributed by atoms with Crippen molar-refractivity contribution in [2.24, 2.45) is 0 Å².